The second-order valence-electron chi connectivity index (χ2n) is 6.74. The number of aromatic nitrogens is 3. The van der Waals surface area contributed by atoms with Gasteiger partial charge in [-0.1, -0.05) is 30.0 Å². The minimum atomic E-state index is -0.114. The lowest BCUT2D eigenvalue weighted by Crippen LogP contribution is -2.20. The molecule has 0 saturated carbocycles. The number of fused-ring (bicyclic) bond motifs is 2. The highest BCUT2D eigenvalue weighted by atomic mass is 32.2. The van der Waals surface area contributed by atoms with Crippen LogP contribution in [0.15, 0.2) is 70.6 Å². The van der Waals surface area contributed by atoms with Crippen LogP contribution in [0.25, 0.3) is 16.9 Å². The van der Waals surface area contributed by atoms with Gasteiger partial charge in [-0.2, -0.15) is 5.10 Å². The summed E-state index contributed by atoms with van der Waals surface area (Å²) in [6.45, 7) is 2.02. The Morgan fingerprint density at radius 2 is 1.93 bits per heavy atom. The molecule has 0 atom stereocenters. The van der Waals surface area contributed by atoms with E-state index in [9.17, 15) is 4.79 Å². The molecule has 1 N–H and O–H groups in total. The zero-order valence-corrected chi connectivity index (χ0v) is 17.0. The predicted molar refractivity (Wildman–Crippen MR) is 113 cm³/mol. The van der Waals surface area contributed by atoms with Crippen molar-refractivity contribution in [3.05, 3.63) is 66.4 Å². The van der Waals surface area contributed by atoms with Crippen molar-refractivity contribution in [2.45, 2.75) is 23.4 Å². The average molecular weight is 418 g/mol. The zero-order chi connectivity index (χ0) is 20.5. The Kier molecular flexibility index (Phi) is 4.76. The Hall–Kier alpha value is -3.52. The summed E-state index contributed by atoms with van der Waals surface area (Å²) in [4.78, 5) is 17.5. The highest BCUT2D eigenvalue weighted by Gasteiger charge is 2.20. The topological polar surface area (TPSA) is 77.8 Å². The molecule has 1 aliphatic rings. The van der Waals surface area contributed by atoms with Crippen LogP contribution in [-0.2, 0) is 11.3 Å². The van der Waals surface area contributed by atoms with Crippen molar-refractivity contribution in [2.75, 3.05) is 6.79 Å². The minimum absolute atomic E-state index is 0.114. The van der Waals surface area contributed by atoms with Crippen LogP contribution in [0.5, 0.6) is 11.5 Å². The Balaban J connectivity index is 1.59. The molecule has 4 aromatic rings. The summed E-state index contributed by atoms with van der Waals surface area (Å²) in [5.41, 5.74) is 3.13. The lowest BCUT2D eigenvalue weighted by Gasteiger charge is -2.07. The highest BCUT2D eigenvalue weighted by molar-refractivity contribution is 7.99. The largest absolute Gasteiger partial charge is 0.454 e. The van der Waals surface area contributed by atoms with Crippen molar-refractivity contribution in [3.63, 3.8) is 0 Å². The number of carbonyl (C=O) groups excluding carboxylic acids is 1. The van der Waals surface area contributed by atoms with E-state index in [-0.39, 0.29) is 12.7 Å². The quantitative estimate of drug-likeness (QED) is 0.529. The van der Waals surface area contributed by atoms with Gasteiger partial charge in [0.15, 0.2) is 17.1 Å². The van der Waals surface area contributed by atoms with Crippen LogP contribution in [0, 0.1) is 0 Å². The molecule has 1 amide bonds. The summed E-state index contributed by atoms with van der Waals surface area (Å²) in [5, 5.41) is 8.49. The molecule has 2 aromatic carbocycles. The number of nitrogens with one attached hydrogen (secondary N) is 1. The molecule has 0 radical (unpaired) electrons. The van der Waals surface area contributed by atoms with Gasteiger partial charge in [0.2, 0.25) is 12.7 Å². The molecule has 30 heavy (non-hydrogen) atoms. The van der Waals surface area contributed by atoms with E-state index >= 15 is 0 Å². The number of benzene rings is 2. The van der Waals surface area contributed by atoms with Crippen LogP contribution in [0.4, 0.5) is 0 Å². The van der Waals surface area contributed by atoms with Crippen molar-refractivity contribution in [1.29, 1.82) is 0 Å². The molecule has 0 saturated heterocycles. The first-order valence-corrected chi connectivity index (χ1v) is 10.2. The first kappa shape index (κ1) is 18.5. The van der Waals surface area contributed by atoms with Crippen LogP contribution in [0.3, 0.4) is 0 Å². The molecule has 7 nitrogen and oxygen atoms in total. The standard InChI is InChI=1S/C22H18N4O3S/c1-14(27)23-12-17-22(15-7-8-18-19(11-15)29-13-28-18)24-20-9-10-21(25-26(17)20)30-16-5-3-2-4-6-16/h2-11H,12-13H2,1H3,(H,23,27). The highest BCUT2D eigenvalue weighted by Crippen LogP contribution is 2.37. The van der Waals surface area contributed by atoms with Gasteiger partial charge in [-0.05, 0) is 42.5 Å². The monoisotopic (exact) mass is 418 g/mol. The van der Waals surface area contributed by atoms with Crippen LogP contribution in [-0.4, -0.2) is 27.3 Å². The number of nitrogens with zero attached hydrogens (tertiary/aromatic N) is 3. The summed E-state index contributed by atoms with van der Waals surface area (Å²) in [7, 11) is 0. The number of hydrogen-bond acceptors (Lipinski definition) is 6. The first-order chi connectivity index (χ1) is 14.7. The summed E-state index contributed by atoms with van der Waals surface area (Å²) in [5.74, 6) is 1.28. The Morgan fingerprint density at radius 1 is 1.10 bits per heavy atom. The average Bonchev–Trinajstić information content (AvgIpc) is 3.36. The van der Waals surface area contributed by atoms with Gasteiger partial charge >= 0.3 is 0 Å². The zero-order valence-electron chi connectivity index (χ0n) is 16.2. The molecule has 0 aliphatic carbocycles. The third-order valence-corrected chi connectivity index (χ3v) is 5.60. The normalized spacial score (nSPS) is 12.3. The molecule has 0 fully saturated rings. The molecule has 0 spiro atoms. The van der Waals surface area contributed by atoms with E-state index in [1.165, 1.54) is 6.92 Å². The van der Waals surface area contributed by atoms with Gasteiger partial charge in [0.05, 0.1) is 17.9 Å². The summed E-state index contributed by atoms with van der Waals surface area (Å²) in [6.07, 6.45) is 0. The Bertz CT molecular complexity index is 1240. The summed E-state index contributed by atoms with van der Waals surface area (Å²) >= 11 is 1.57. The van der Waals surface area contributed by atoms with E-state index in [0.717, 1.165) is 26.9 Å². The second kappa shape index (κ2) is 7.72. The van der Waals surface area contributed by atoms with Crippen LogP contribution >= 0.6 is 11.8 Å². The van der Waals surface area contributed by atoms with Crippen LogP contribution in [0.1, 0.15) is 12.6 Å². The molecule has 1 aliphatic heterocycles. The van der Waals surface area contributed by atoms with E-state index in [1.54, 1.807) is 16.3 Å². The lowest BCUT2D eigenvalue weighted by molar-refractivity contribution is -0.119. The number of amides is 1. The van der Waals surface area contributed by atoms with E-state index in [2.05, 4.69) is 5.32 Å². The van der Waals surface area contributed by atoms with Gasteiger partial charge < -0.3 is 14.8 Å². The van der Waals surface area contributed by atoms with Crippen molar-refractivity contribution < 1.29 is 14.3 Å². The lowest BCUT2D eigenvalue weighted by atomic mass is 10.1. The smallest absolute Gasteiger partial charge is 0.231 e. The SMILES string of the molecule is CC(=O)NCc1c(-c2ccc3c(c2)OCO3)nc2ccc(Sc3ccccc3)nn12. The fourth-order valence-electron chi connectivity index (χ4n) is 3.27. The van der Waals surface area contributed by atoms with Gasteiger partial charge in [-0.25, -0.2) is 9.50 Å². The molecule has 150 valence electrons. The maximum Gasteiger partial charge on any atom is 0.231 e. The molecule has 0 unspecified atom stereocenters. The number of rotatable bonds is 5. The van der Waals surface area contributed by atoms with E-state index < -0.39 is 0 Å². The molecule has 5 rings (SSSR count). The molecule has 2 aromatic heterocycles. The minimum Gasteiger partial charge on any atom is -0.454 e. The van der Waals surface area contributed by atoms with Gasteiger partial charge in [0.25, 0.3) is 0 Å². The predicted octanol–water partition coefficient (Wildman–Crippen LogP) is 3.91. The van der Waals surface area contributed by atoms with Gasteiger partial charge in [0.1, 0.15) is 5.03 Å². The van der Waals surface area contributed by atoms with Crippen LogP contribution in [0.2, 0.25) is 0 Å². The second-order valence-corrected chi connectivity index (χ2v) is 7.84. The fourth-order valence-corrected chi connectivity index (χ4v) is 4.06. The maximum absolute atomic E-state index is 11.6. The maximum atomic E-state index is 11.6. The fraction of sp³-hybridized carbons (Fsp3) is 0.136. The first-order valence-electron chi connectivity index (χ1n) is 9.43. The molecule has 8 heteroatoms. The third-order valence-electron chi connectivity index (χ3n) is 4.66. The third kappa shape index (κ3) is 3.57. The molecular formula is C22H18N4O3S. The van der Waals surface area contributed by atoms with Gasteiger partial charge in [0, 0.05) is 17.4 Å². The van der Waals surface area contributed by atoms with E-state index in [0.29, 0.717) is 23.7 Å². The van der Waals surface area contributed by atoms with Crippen molar-refractivity contribution in [3.8, 4) is 22.8 Å². The van der Waals surface area contributed by atoms with Gasteiger partial charge in [-0.15, -0.1) is 0 Å². The number of ether oxygens (including phenoxy) is 2. The molecular weight excluding hydrogens is 400 g/mol. The number of carbonyl (C=O) groups is 1. The van der Waals surface area contributed by atoms with E-state index in [1.807, 2.05) is 60.7 Å². The Morgan fingerprint density at radius 3 is 2.77 bits per heavy atom. The van der Waals surface area contributed by atoms with Crippen molar-refractivity contribution in [2.24, 2.45) is 0 Å². The number of imidazole rings is 1. The number of hydrogen-bond donors (Lipinski definition) is 1. The Labute approximate surface area is 177 Å². The van der Waals surface area contributed by atoms with E-state index in [4.69, 9.17) is 19.6 Å². The summed E-state index contributed by atoms with van der Waals surface area (Å²) < 4.78 is 12.7. The van der Waals surface area contributed by atoms with Crippen LogP contribution < -0.4 is 14.8 Å². The van der Waals surface area contributed by atoms with Crippen molar-refractivity contribution in [1.82, 2.24) is 19.9 Å². The summed E-state index contributed by atoms with van der Waals surface area (Å²) in [6, 6.07) is 19.7. The molecule has 3 heterocycles. The molecule has 0 bridgehead atoms. The van der Waals surface area contributed by atoms with Gasteiger partial charge in [-0.3, -0.25) is 4.79 Å². The van der Waals surface area contributed by atoms with Crippen molar-refractivity contribution >= 4 is 23.3 Å².